The minimum absolute atomic E-state index is 0.142. The number of nitrogens with one attached hydrogen (secondary N) is 3. The van der Waals surface area contributed by atoms with E-state index in [4.69, 9.17) is 11.6 Å². The molecule has 1 atom stereocenters. The van der Waals surface area contributed by atoms with Gasteiger partial charge in [0.1, 0.15) is 0 Å². The van der Waals surface area contributed by atoms with Gasteiger partial charge >= 0.3 is 6.03 Å². The van der Waals surface area contributed by atoms with E-state index in [0.717, 1.165) is 0 Å². The summed E-state index contributed by atoms with van der Waals surface area (Å²) in [5.74, 6) is -0.509. The van der Waals surface area contributed by atoms with Crippen LogP contribution in [0.2, 0.25) is 5.02 Å². The van der Waals surface area contributed by atoms with Crippen molar-refractivity contribution in [3.05, 3.63) is 80.5 Å². The maximum atomic E-state index is 12.9. The molecule has 0 spiro atoms. The van der Waals surface area contributed by atoms with Crippen LogP contribution in [0.1, 0.15) is 18.5 Å². The third-order valence-electron chi connectivity index (χ3n) is 4.04. The molecule has 0 saturated carbocycles. The quantitative estimate of drug-likeness (QED) is 0.551. The van der Waals surface area contributed by atoms with Crippen molar-refractivity contribution in [2.24, 2.45) is 0 Å². The molecule has 2 aromatic carbocycles. The first-order chi connectivity index (χ1) is 12.9. The molecule has 138 valence electrons. The van der Waals surface area contributed by atoms with Gasteiger partial charge in [0, 0.05) is 28.5 Å². The van der Waals surface area contributed by atoms with Crippen LogP contribution < -0.4 is 16.0 Å². The van der Waals surface area contributed by atoms with Gasteiger partial charge in [-0.25, -0.2) is 4.79 Å². The molecule has 0 bridgehead atoms. The largest absolute Gasteiger partial charge is 0.327 e. The average molecular weight is 387 g/mol. The summed E-state index contributed by atoms with van der Waals surface area (Å²) in [7, 11) is 0. The predicted octanol–water partition coefficient (Wildman–Crippen LogP) is 3.51. The van der Waals surface area contributed by atoms with Crippen molar-refractivity contribution >= 4 is 34.9 Å². The van der Waals surface area contributed by atoms with Crippen LogP contribution in [0.3, 0.4) is 0 Å². The number of amides is 3. The molecule has 3 amide bonds. The highest BCUT2D eigenvalue weighted by molar-refractivity contribution is 6.31. The van der Waals surface area contributed by atoms with Crippen molar-refractivity contribution in [3.63, 3.8) is 0 Å². The summed E-state index contributed by atoms with van der Waals surface area (Å²) in [5.41, 5.74) is 1.32. The second-order valence-corrected chi connectivity index (χ2v) is 6.26. The topological polar surface area (TPSA) is 113 Å². The van der Waals surface area contributed by atoms with Gasteiger partial charge < -0.3 is 16.0 Å². The lowest BCUT2D eigenvalue weighted by molar-refractivity contribution is -0.384. The van der Waals surface area contributed by atoms with Crippen LogP contribution in [0, 0.1) is 10.1 Å². The molecule has 3 N–H and O–H groups in total. The number of anilines is 1. The number of halogens is 1. The van der Waals surface area contributed by atoms with Gasteiger partial charge in [0.05, 0.1) is 16.5 Å². The summed E-state index contributed by atoms with van der Waals surface area (Å²) in [6, 6.07) is 11.3. The highest BCUT2D eigenvalue weighted by Crippen LogP contribution is 2.32. The standard InChI is InChI=1S/C18H15ClN4O4/c1-10-15(17(24)21-11-5-4-6-12(9-11)23(26)27)16(22-18(25)20-10)13-7-2-3-8-14(13)19/h2-9,16H,1H3,(H,21,24)(H2,20,22,25). The van der Waals surface area contributed by atoms with Gasteiger partial charge in [-0.15, -0.1) is 0 Å². The zero-order valence-electron chi connectivity index (χ0n) is 14.2. The summed E-state index contributed by atoms with van der Waals surface area (Å²) in [5, 5.41) is 19.2. The minimum atomic E-state index is -0.758. The number of hydrogen-bond acceptors (Lipinski definition) is 4. The van der Waals surface area contributed by atoms with Gasteiger partial charge in [-0.3, -0.25) is 14.9 Å². The molecule has 2 aromatic rings. The number of benzene rings is 2. The van der Waals surface area contributed by atoms with E-state index in [1.54, 1.807) is 37.3 Å². The Morgan fingerprint density at radius 1 is 1.22 bits per heavy atom. The molecule has 0 radical (unpaired) electrons. The van der Waals surface area contributed by atoms with Crippen LogP contribution in [-0.2, 0) is 4.79 Å². The van der Waals surface area contributed by atoms with Gasteiger partial charge in [0.25, 0.3) is 11.6 Å². The molecule has 3 rings (SSSR count). The second kappa shape index (κ2) is 7.46. The van der Waals surface area contributed by atoms with Crippen molar-refractivity contribution in [2.75, 3.05) is 5.32 Å². The summed E-state index contributed by atoms with van der Waals surface area (Å²) in [6.07, 6.45) is 0. The number of allylic oxidation sites excluding steroid dienone is 1. The van der Waals surface area contributed by atoms with E-state index in [9.17, 15) is 19.7 Å². The van der Waals surface area contributed by atoms with Crippen LogP contribution in [0.25, 0.3) is 0 Å². The smallest absolute Gasteiger partial charge is 0.319 e. The minimum Gasteiger partial charge on any atom is -0.327 e. The summed E-state index contributed by atoms with van der Waals surface area (Å²) in [4.78, 5) is 35.2. The van der Waals surface area contributed by atoms with Crippen LogP contribution in [0.5, 0.6) is 0 Å². The van der Waals surface area contributed by atoms with Crippen molar-refractivity contribution in [2.45, 2.75) is 13.0 Å². The highest BCUT2D eigenvalue weighted by atomic mass is 35.5. The van der Waals surface area contributed by atoms with Crippen LogP contribution in [0.4, 0.5) is 16.2 Å². The Hall–Kier alpha value is -3.39. The zero-order chi connectivity index (χ0) is 19.6. The third-order valence-corrected chi connectivity index (χ3v) is 4.39. The van der Waals surface area contributed by atoms with Crippen molar-refractivity contribution in [1.29, 1.82) is 0 Å². The third kappa shape index (κ3) is 3.90. The van der Waals surface area contributed by atoms with E-state index < -0.39 is 22.9 Å². The van der Waals surface area contributed by atoms with Crippen molar-refractivity contribution in [1.82, 2.24) is 10.6 Å². The molecule has 9 heteroatoms. The zero-order valence-corrected chi connectivity index (χ0v) is 14.9. The highest BCUT2D eigenvalue weighted by Gasteiger charge is 2.32. The molecule has 0 aliphatic carbocycles. The number of hydrogen-bond donors (Lipinski definition) is 3. The summed E-state index contributed by atoms with van der Waals surface area (Å²) >= 11 is 6.24. The van der Waals surface area contributed by atoms with Gasteiger partial charge in [0.15, 0.2) is 0 Å². The van der Waals surface area contributed by atoms with E-state index in [1.165, 1.54) is 18.2 Å². The molecule has 27 heavy (non-hydrogen) atoms. The summed E-state index contributed by atoms with van der Waals surface area (Å²) < 4.78 is 0. The lowest BCUT2D eigenvalue weighted by Gasteiger charge is -2.29. The Kier molecular flexibility index (Phi) is 5.09. The monoisotopic (exact) mass is 386 g/mol. The first kappa shape index (κ1) is 18.4. The number of nitro benzene ring substituents is 1. The molecule has 0 aromatic heterocycles. The number of carbonyl (C=O) groups is 2. The molecule has 1 aliphatic rings. The first-order valence-electron chi connectivity index (χ1n) is 7.95. The molecule has 1 heterocycles. The molecule has 1 unspecified atom stereocenters. The molecular weight excluding hydrogens is 372 g/mol. The molecule has 0 fully saturated rings. The van der Waals surface area contributed by atoms with Gasteiger partial charge in [-0.1, -0.05) is 35.9 Å². The average Bonchev–Trinajstić information content (AvgIpc) is 2.61. The van der Waals surface area contributed by atoms with Gasteiger partial charge in [0.2, 0.25) is 0 Å². The first-order valence-corrected chi connectivity index (χ1v) is 8.33. The Morgan fingerprint density at radius 2 is 1.96 bits per heavy atom. The van der Waals surface area contributed by atoms with Crippen LogP contribution in [-0.4, -0.2) is 16.9 Å². The molecule has 1 aliphatic heterocycles. The van der Waals surface area contributed by atoms with E-state index >= 15 is 0 Å². The number of urea groups is 1. The van der Waals surface area contributed by atoms with Crippen molar-refractivity contribution < 1.29 is 14.5 Å². The Balaban J connectivity index is 1.96. The van der Waals surface area contributed by atoms with Crippen LogP contribution >= 0.6 is 11.6 Å². The number of non-ortho nitro benzene ring substituents is 1. The van der Waals surface area contributed by atoms with E-state index in [0.29, 0.717) is 16.3 Å². The lowest BCUT2D eigenvalue weighted by atomic mass is 9.94. The fourth-order valence-electron chi connectivity index (χ4n) is 2.83. The molecule has 0 saturated heterocycles. The SMILES string of the molecule is CC1=C(C(=O)Nc2cccc([N+](=O)[O-])c2)C(c2ccccc2Cl)NC(=O)N1. The number of carbonyl (C=O) groups excluding carboxylic acids is 2. The van der Waals surface area contributed by atoms with Gasteiger partial charge in [-0.2, -0.15) is 0 Å². The normalized spacial score (nSPS) is 16.4. The number of nitro groups is 1. The Labute approximate surface area is 159 Å². The second-order valence-electron chi connectivity index (χ2n) is 5.85. The van der Waals surface area contributed by atoms with E-state index in [-0.39, 0.29) is 16.9 Å². The fourth-order valence-corrected chi connectivity index (χ4v) is 3.08. The summed E-state index contributed by atoms with van der Waals surface area (Å²) in [6.45, 7) is 1.60. The number of nitrogens with zero attached hydrogens (tertiary/aromatic N) is 1. The maximum absolute atomic E-state index is 12.9. The Bertz CT molecular complexity index is 973. The van der Waals surface area contributed by atoms with Crippen LogP contribution in [0.15, 0.2) is 59.8 Å². The fraction of sp³-hybridized carbons (Fsp3) is 0.111. The van der Waals surface area contributed by atoms with Crippen molar-refractivity contribution in [3.8, 4) is 0 Å². The maximum Gasteiger partial charge on any atom is 0.319 e. The van der Waals surface area contributed by atoms with E-state index in [1.807, 2.05) is 0 Å². The predicted molar refractivity (Wildman–Crippen MR) is 100 cm³/mol. The molecular formula is C18H15ClN4O4. The van der Waals surface area contributed by atoms with E-state index in [2.05, 4.69) is 16.0 Å². The Morgan fingerprint density at radius 3 is 2.67 bits per heavy atom. The molecule has 8 nitrogen and oxygen atoms in total. The lowest BCUT2D eigenvalue weighted by Crippen LogP contribution is -2.46. The van der Waals surface area contributed by atoms with Gasteiger partial charge in [-0.05, 0) is 24.6 Å². The number of rotatable bonds is 4.